The molecule has 0 saturated carbocycles. The zero-order chi connectivity index (χ0) is 41.7. The second-order valence-corrected chi connectivity index (χ2v) is 16.3. The molecule has 316 valence electrons. The van der Waals surface area contributed by atoms with Gasteiger partial charge in [0.15, 0.2) is 11.2 Å². The first kappa shape index (κ1) is 41.7. The fourth-order valence-electron chi connectivity index (χ4n) is 6.65. The number of phosphoric ester groups is 2. The number of aromatic amines is 2. The second-order valence-electron chi connectivity index (χ2n) is 13.5. The predicted molar refractivity (Wildman–Crippen MR) is 192 cm³/mol. The molecule has 4 aromatic rings. The third-order valence-electron chi connectivity index (χ3n) is 9.46. The predicted octanol–water partition coefficient (Wildman–Crippen LogP) is -2.38. The van der Waals surface area contributed by atoms with Gasteiger partial charge in [-0.05, 0) is 13.0 Å². The number of rotatable bonds is 14. The van der Waals surface area contributed by atoms with Crippen LogP contribution in [0.25, 0.3) is 11.2 Å². The smallest absolute Gasteiger partial charge is 0.394 e. The van der Waals surface area contributed by atoms with Gasteiger partial charge in [-0.1, -0.05) is 0 Å². The number of nitrogens with one attached hydrogen (secondary N) is 2. The van der Waals surface area contributed by atoms with Crippen molar-refractivity contribution in [2.24, 2.45) is 0 Å². The van der Waals surface area contributed by atoms with Crippen molar-refractivity contribution in [3.63, 3.8) is 0 Å². The zero-order valence-corrected chi connectivity index (χ0v) is 31.9. The maximum absolute atomic E-state index is 13.3. The maximum atomic E-state index is 13.3. The van der Waals surface area contributed by atoms with E-state index in [9.17, 15) is 48.3 Å². The molecular formula is C29H38N10O17P2. The number of phosphoric acid groups is 2. The summed E-state index contributed by atoms with van der Waals surface area (Å²) in [5.74, 6) is -0.308. The Morgan fingerprint density at radius 2 is 1.45 bits per heavy atom. The highest BCUT2D eigenvalue weighted by Crippen LogP contribution is 2.52. The van der Waals surface area contributed by atoms with E-state index >= 15 is 0 Å². The average Bonchev–Trinajstić information content (AvgIpc) is 3.93. The summed E-state index contributed by atoms with van der Waals surface area (Å²) in [5, 5.41) is 20.5. The number of nitrogens with two attached hydrogens (primary N) is 2. The van der Waals surface area contributed by atoms with Gasteiger partial charge in [-0.25, -0.2) is 23.7 Å². The van der Waals surface area contributed by atoms with Gasteiger partial charge in [0.25, 0.3) is 11.1 Å². The topological polar surface area (TPSA) is 385 Å². The highest BCUT2D eigenvalue weighted by molar-refractivity contribution is 7.47. The second kappa shape index (κ2) is 16.3. The van der Waals surface area contributed by atoms with Crippen molar-refractivity contribution in [2.45, 2.75) is 81.5 Å². The molecule has 0 spiro atoms. The molecule has 0 bridgehead atoms. The SMILES string of the molecule is Cc1cn([C@H]2C[C@H](O)[C@@H](COP(=O)(O)O[C@H]3C[C@H](n4cnc5c(=O)[nH]c(N)nc54)O[C@@H]3COP(=O)(O)O[C@H]3C[C@H](n4ccc(N)nc4=O)O[C@@H]3CO)O2)c(=O)[nH]c1=O. The minimum absolute atomic E-state index is 0.0360. The van der Waals surface area contributed by atoms with Gasteiger partial charge in [-0.3, -0.25) is 51.4 Å². The molecule has 27 nitrogen and oxygen atoms in total. The molecule has 0 aromatic carbocycles. The molecule has 2 unspecified atom stereocenters. The number of aliphatic hydroxyl groups is 2. The van der Waals surface area contributed by atoms with Gasteiger partial charge in [0.2, 0.25) is 5.95 Å². The lowest BCUT2D eigenvalue weighted by atomic mass is 10.2. The fourth-order valence-corrected chi connectivity index (χ4v) is 8.57. The summed E-state index contributed by atoms with van der Waals surface area (Å²) in [6.07, 6.45) is -8.03. The summed E-state index contributed by atoms with van der Waals surface area (Å²) in [6, 6.07) is 1.33. The van der Waals surface area contributed by atoms with Crippen molar-refractivity contribution in [3.05, 3.63) is 72.0 Å². The Balaban J connectivity index is 1.04. The number of ether oxygens (including phenoxy) is 3. The van der Waals surface area contributed by atoms with Gasteiger partial charge in [-0.2, -0.15) is 9.97 Å². The molecule has 7 rings (SSSR count). The van der Waals surface area contributed by atoms with Crippen molar-refractivity contribution >= 4 is 38.6 Å². The van der Waals surface area contributed by atoms with E-state index in [-0.39, 0.29) is 47.8 Å². The van der Waals surface area contributed by atoms with Crippen LogP contribution in [-0.2, 0) is 41.4 Å². The van der Waals surface area contributed by atoms with Gasteiger partial charge >= 0.3 is 27.0 Å². The molecular weight excluding hydrogens is 822 g/mol. The normalized spacial score (nSPS) is 29.5. The highest BCUT2D eigenvalue weighted by Gasteiger charge is 2.46. The quantitative estimate of drug-likeness (QED) is 0.0614. The van der Waals surface area contributed by atoms with Crippen molar-refractivity contribution in [2.75, 3.05) is 31.3 Å². The van der Waals surface area contributed by atoms with Crippen LogP contribution in [-0.4, -0.2) is 115 Å². The van der Waals surface area contributed by atoms with E-state index in [1.807, 2.05) is 0 Å². The van der Waals surface area contributed by atoms with Crippen molar-refractivity contribution < 1.29 is 61.4 Å². The molecule has 29 heteroatoms. The minimum Gasteiger partial charge on any atom is -0.394 e. The lowest BCUT2D eigenvalue weighted by molar-refractivity contribution is -0.0610. The van der Waals surface area contributed by atoms with Gasteiger partial charge in [0.1, 0.15) is 55.0 Å². The maximum Gasteiger partial charge on any atom is 0.472 e. The molecule has 58 heavy (non-hydrogen) atoms. The number of aryl methyl sites for hydroxylation is 1. The average molecular weight is 861 g/mol. The van der Waals surface area contributed by atoms with E-state index < -0.39 is 113 Å². The van der Waals surface area contributed by atoms with Gasteiger partial charge in [0.05, 0.1) is 32.3 Å². The molecule has 4 aromatic heterocycles. The molecule has 3 saturated heterocycles. The Kier molecular flexibility index (Phi) is 11.7. The summed E-state index contributed by atoms with van der Waals surface area (Å²) >= 11 is 0. The van der Waals surface area contributed by atoms with Crippen LogP contribution in [0.1, 0.15) is 43.5 Å². The summed E-state index contributed by atoms with van der Waals surface area (Å²) < 4.78 is 68.5. The number of hydrogen-bond acceptors (Lipinski definition) is 20. The van der Waals surface area contributed by atoms with E-state index in [0.29, 0.717) is 0 Å². The Morgan fingerprint density at radius 3 is 2.12 bits per heavy atom. The van der Waals surface area contributed by atoms with Crippen LogP contribution in [0.15, 0.2) is 44.0 Å². The third kappa shape index (κ3) is 8.91. The lowest BCUT2D eigenvalue weighted by Crippen LogP contribution is -2.33. The van der Waals surface area contributed by atoms with Crippen LogP contribution in [0.3, 0.4) is 0 Å². The number of fused-ring (bicyclic) bond motifs is 1. The number of aliphatic hydroxyl groups excluding tert-OH is 2. The number of anilines is 2. The summed E-state index contributed by atoms with van der Waals surface area (Å²) in [6.45, 7) is -0.753. The van der Waals surface area contributed by atoms with Crippen LogP contribution >= 0.6 is 15.6 Å². The van der Waals surface area contributed by atoms with Crippen molar-refractivity contribution in [1.82, 2.24) is 38.6 Å². The molecule has 7 heterocycles. The first-order chi connectivity index (χ1) is 27.4. The molecule has 0 amide bonds. The van der Waals surface area contributed by atoms with Crippen LogP contribution in [0, 0.1) is 6.92 Å². The van der Waals surface area contributed by atoms with Crippen LogP contribution < -0.4 is 34.0 Å². The lowest BCUT2D eigenvalue weighted by Gasteiger charge is -2.24. The minimum atomic E-state index is -5.09. The third-order valence-corrected chi connectivity index (χ3v) is 11.5. The molecule has 0 aliphatic carbocycles. The number of nitrogen functional groups attached to an aromatic ring is 2. The van der Waals surface area contributed by atoms with Crippen molar-refractivity contribution in [3.8, 4) is 0 Å². The monoisotopic (exact) mass is 860 g/mol. The Hall–Kier alpha value is -4.47. The zero-order valence-electron chi connectivity index (χ0n) is 30.1. The van der Waals surface area contributed by atoms with E-state index in [2.05, 4.69) is 24.9 Å². The van der Waals surface area contributed by atoms with E-state index in [4.69, 9.17) is 43.8 Å². The van der Waals surface area contributed by atoms with E-state index in [1.54, 1.807) is 0 Å². The number of H-pyrrole nitrogens is 2. The van der Waals surface area contributed by atoms with Crippen LogP contribution in [0.5, 0.6) is 0 Å². The molecule has 11 atom stereocenters. The summed E-state index contributed by atoms with van der Waals surface area (Å²) in [7, 11) is -10.2. The Morgan fingerprint density at radius 1 is 0.845 bits per heavy atom. The largest absolute Gasteiger partial charge is 0.472 e. The molecule has 0 radical (unpaired) electrons. The fraction of sp³-hybridized carbons (Fsp3) is 0.552. The number of imidazole rings is 1. The first-order valence-electron chi connectivity index (χ1n) is 17.4. The van der Waals surface area contributed by atoms with E-state index in [0.717, 1.165) is 9.13 Å². The Labute approximate surface area is 323 Å². The van der Waals surface area contributed by atoms with Crippen molar-refractivity contribution in [1.29, 1.82) is 0 Å². The van der Waals surface area contributed by atoms with Crippen LogP contribution in [0.2, 0.25) is 0 Å². The summed E-state index contributed by atoms with van der Waals surface area (Å²) in [5.41, 5.74) is 8.43. The van der Waals surface area contributed by atoms with Gasteiger partial charge in [-0.15, -0.1) is 0 Å². The van der Waals surface area contributed by atoms with Gasteiger partial charge in [0, 0.05) is 37.2 Å². The number of nitrogens with zero attached hydrogens (tertiary/aromatic N) is 6. The number of aromatic nitrogens is 8. The highest BCUT2D eigenvalue weighted by atomic mass is 31.2. The molecule has 3 fully saturated rings. The standard InChI is InChI=1S/C29H38N10O17P2/c1-12-7-38(29(45)36-25(12)42)20-4-13(41)17(53-20)9-50-57(46,47)56-15-6-22(39-11-32-23-24(39)34-27(31)35-26(23)43)54-18(15)10-51-58(48,49)55-14-5-21(52-16(14)8-40)37-3-2-19(30)33-28(37)44/h2-3,7,11,13-18,20-22,40-41H,4-6,8-10H2,1H3,(H,46,47)(H,48,49)(H2,30,33,44)(H,36,42,45)(H3,31,34,35,43)/t13-,14-,15-,16+,17+,18+,20+,21+,22+/m0/s1. The first-order valence-corrected chi connectivity index (χ1v) is 20.3. The Bertz CT molecular complexity index is 2510. The molecule has 10 N–H and O–H groups in total. The number of hydrogen-bond donors (Lipinski definition) is 8. The van der Waals surface area contributed by atoms with E-state index in [1.165, 1.54) is 36.3 Å². The van der Waals surface area contributed by atoms with Crippen LogP contribution in [0.4, 0.5) is 11.8 Å². The molecule has 3 aliphatic heterocycles. The molecule has 3 aliphatic rings. The van der Waals surface area contributed by atoms with Gasteiger partial charge < -0.3 is 45.7 Å². The summed E-state index contributed by atoms with van der Waals surface area (Å²) in [4.78, 5) is 86.6.